The van der Waals surface area contributed by atoms with Gasteiger partial charge in [-0.3, -0.25) is 0 Å². The third kappa shape index (κ3) is 2.89. The molecule has 0 saturated carbocycles. The molecule has 1 unspecified atom stereocenters. The number of hydrogen-bond donors (Lipinski definition) is 1. The standard InChI is InChI=1S/C12H15ClN2OS/c1-8(6-16-2)5-14-11-9(13)3-4-10-12(11)15-7-17-10/h3-4,7-8,14H,5-6H2,1-2H3. The van der Waals surface area contributed by atoms with Gasteiger partial charge in [0.15, 0.2) is 0 Å². The number of nitrogens with one attached hydrogen (secondary N) is 1. The number of ether oxygens (including phenoxy) is 1. The van der Waals surface area contributed by atoms with Gasteiger partial charge in [0.1, 0.15) is 5.52 Å². The molecule has 0 radical (unpaired) electrons. The zero-order valence-corrected chi connectivity index (χ0v) is 11.4. The Balaban J connectivity index is 2.17. The highest BCUT2D eigenvalue weighted by Crippen LogP contribution is 2.32. The lowest BCUT2D eigenvalue weighted by molar-refractivity contribution is 0.164. The predicted octanol–water partition coefficient (Wildman–Crippen LogP) is 3.64. The molecular formula is C12H15ClN2OS. The van der Waals surface area contributed by atoms with Gasteiger partial charge in [-0.05, 0) is 18.1 Å². The van der Waals surface area contributed by atoms with Gasteiger partial charge in [0.05, 0.1) is 27.5 Å². The van der Waals surface area contributed by atoms with Gasteiger partial charge in [0, 0.05) is 13.7 Å². The van der Waals surface area contributed by atoms with Crippen LogP contribution in [-0.4, -0.2) is 25.2 Å². The number of benzene rings is 1. The molecule has 0 amide bonds. The number of hydrogen-bond acceptors (Lipinski definition) is 4. The van der Waals surface area contributed by atoms with Crippen molar-refractivity contribution in [3.8, 4) is 0 Å². The van der Waals surface area contributed by atoms with Gasteiger partial charge in [-0.1, -0.05) is 18.5 Å². The van der Waals surface area contributed by atoms with E-state index >= 15 is 0 Å². The summed E-state index contributed by atoms with van der Waals surface area (Å²) in [6.45, 7) is 3.69. The maximum absolute atomic E-state index is 6.19. The van der Waals surface area contributed by atoms with E-state index in [1.165, 1.54) is 0 Å². The summed E-state index contributed by atoms with van der Waals surface area (Å²) >= 11 is 7.81. The van der Waals surface area contributed by atoms with Crippen molar-refractivity contribution in [1.82, 2.24) is 4.98 Å². The Morgan fingerprint density at radius 3 is 3.12 bits per heavy atom. The number of methoxy groups -OCH3 is 1. The molecule has 17 heavy (non-hydrogen) atoms. The summed E-state index contributed by atoms with van der Waals surface area (Å²) in [5.74, 6) is 0.435. The number of thiazole rings is 1. The molecule has 2 rings (SSSR count). The van der Waals surface area contributed by atoms with Crippen molar-refractivity contribution in [2.24, 2.45) is 5.92 Å². The van der Waals surface area contributed by atoms with E-state index in [0.717, 1.165) is 29.1 Å². The lowest BCUT2D eigenvalue weighted by Gasteiger charge is -2.14. The van der Waals surface area contributed by atoms with Crippen LogP contribution in [0.4, 0.5) is 5.69 Å². The number of fused-ring (bicyclic) bond motifs is 1. The molecule has 0 saturated heterocycles. The number of nitrogens with zero attached hydrogens (tertiary/aromatic N) is 1. The van der Waals surface area contributed by atoms with E-state index in [4.69, 9.17) is 16.3 Å². The van der Waals surface area contributed by atoms with Crippen LogP contribution in [0.3, 0.4) is 0 Å². The van der Waals surface area contributed by atoms with Gasteiger partial charge in [-0.25, -0.2) is 4.98 Å². The second kappa shape index (κ2) is 5.67. The Morgan fingerprint density at radius 2 is 2.35 bits per heavy atom. The predicted molar refractivity (Wildman–Crippen MR) is 74.2 cm³/mol. The van der Waals surface area contributed by atoms with E-state index < -0.39 is 0 Å². The highest BCUT2D eigenvalue weighted by atomic mass is 35.5. The van der Waals surface area contributed by atoms with E-state index in [0.29, 0.717) is 10.9 Å². The average Bonchev–Trinajstić information content (AvgIpc) is 2.76. The second-order valence-electron chi connectivity index (χ2n) is 4.06. The first-order valence-corrected chi connectivity index (χ1v) is 6.72. The SMILES string of the molecule is COCC(C)CNc1c(Cl)ccc2scnc12. The van der Waals surface area contributed by atoms with Crippen LogP contribution < -0.4 is 5.32 Å². The van der Waals surface area contributed by atoms with Gasteiger partial charge in [0.25, 0.3) is 0 Å². The Kier molecular flexibility index (Phi) is 4.20. The van der Waals surface area contributed by atoms with Crippen LogP contribution in [-0.2, 0) is 4.74 Å². The van der Waals surface area contributed by atoms with Crippen LogP contribution in [0.5, 0.6) is 0 Å². The first-order valence-electron chi connectivity index (χ1n) is 5.47. The van der Waals surface area contributed by atoms with Gasteiger partial charge < -0.3 is 10.1 Å². The van der Waals surface area contributed by atoms with E-state index in [1.54, 1.807) is 18.4 Å². The fraction of sp³-hybridized carbons (Fsp3) is 0.417. The van der Waals surface area contributed by atoms with E-state index in [1.807, 2.05) is 17.6 Å². The quantitative estimate of drug-likeness (QED) is 0.901. The Morgan fingerprint density at radius 1 is 1.53 bits per heavy atom. The summed E-state index contributed by atoms with van der Waals surface area (Å²) < 4.78 is 6.26. The topological polar surface area (TPSA) is 34.1 Å². The second-order valence-corrected chi connectivity index (χ2v) is 5.36. The third-order valence-corrected chi connectivity index (χ3v) is 3.64. The van der Waals surface area contributed by atoms with Crippen LogP contribution in [0, 0.1) is 5.92 Å². The molecule has 1 N–H and O–H groups in total. The molecule has 1 aromatic carbocycles. The molecule has 0 aliphatic carbocycles. The molecule has 0 fully saturated rings. The van der Waals surface area contributed by atoms with E-state index in [2.05, 4.69) is 17.2 Å². The lowest BCUT2D eigenvalue weighted by atomic mass is 10.2. The minimum absolute atomic E-state index is 0.435. The minimum Gasteiger partial charge on any atom is -0.384 e. The van der Waals surface area contributed by atoms with Crippen molar-refractivity contribution in [3.05, 3.63) is 22.7 Å². The van der Waals surface area contributed by atoms with Crippen molar-refractivity contribution in [2.75, 3.05) is 25.6 Å². The number of halogens is 1. The molecule has 5 heteroatoms. The van der Waals surface area contributed by atoms with Crippen LogP contribution in [0.2, 0.25) is 5.02 Å². The molecule has 1 atom stereocenters. The van der Waals surface area contributed by atoms with Crippen molar-refractivity contribution >= 4 is 38.8 Å². The van der Waals surface area contributed by atoms with Gasteiger partial charge in [-0.2, -0.15) is 0 Å². The average molecular weight is 271 g/mol. The molecular weight excluding hydrogens is 256 g/mol. The van der Waals surface area contributed by atoms with Crippen molar-refractivity contribution < 1.29 is 4.74 Å². The monoisotopic (exact) mass is 270 g/mol. The van der Waals surface area contributed by atoms with Crippen LogP contribution in [0.15, 0.2) is 17.6 Å². The maximum atomic E-state index is 6.19. The Bertz CT molecular complexity index is 500. The fourth-order valence-electron chi connectivity index (χ4n) is 1.69. The highest BCUT2D eigenvalue weighted by Gasteiger charge is 2.09. The first kappa shape index (κ1) is 12.6. The summed E-state index contributed by atoms with van der Waals surface area (Å²) in [4.78, 5) is 4.34. The van der Waals surface area contributed by atoms with Crippen molar-refractivity contribution in [1.29, 1.82) is 0 Å². The number of rotatable bonds is 5. The zero-order valence-electron chi connectivity index (χ0n) is 9.87. The molecule has 2 aromatic rings. The smallest absolute Gasteiger partial charge is 0.106 e. The largest absolute Gasteiger partial charge is 0.384 e. The van der Waals surface area contributed by atoms with Crippen molar-refractivity contribution in [3.63, 3.8) is 0 Å². The maximum Gasteiger partial charge on any atom is 0.106 e. The molecule has 1 aromatic heterocycles. The van der Waals surface area contributed by atoms with E-state index in [9.17, 15) is 0 Å². The zero-order chi connectivity index (χ0) is 12.3. The summed E-state index contributed by atoms with van der Waals surface area (Å²) in [6.07, 6.45) is 0. The first-order chi connectivity index (χ1) is 8.22. The molecule has 0 aliphatic rings. The molecule has 92 valence electrons. The van der Waals surface area contributed by atoms with Gasteiger partial charge >= 0.3 is 0 Å². The molecule has 1 heterocycles. The van der Waals surface area contributed by atoms with Crippen LogP contribution >= 0.6 is 22.9 Å². The van der Waals surface area contributed by atoms with Crippen LogP contribution in [0.1, 0.15) is 6.92 Å². The van der Waals surface area contributed by atoms with Crippen LogP contribution in [0.25, 0.3) is 10.2 Å². The normalized spacial score (nSPS) is 12.9. The molecule has 0 aliphatic heterocycles. The number of anilines is 1. The lowest BCUT2D eigenvalue weighted by Crippen LogP contribution is -2.16. The Labute approximate surface area is 110 Å². The molecule has 0 bridgehead atoms. The summed E-state index contributed by atoms with van der Waals surface area (Å²) in [6, 6.07) is 3.91. The molecule has 3 nitrogen and oxygen atoms in total. The highest BCUT2D eigenvalue weighted by molar-refractivity contribution is 7.16. The van der Waals surface area contributed by atoms with Gasteiger partial charge in [0.2, 0.25) is 0 Å². The summed E-state index contributed by atoms with van der Waals surface area (Å²) in [7, 11) is 1.71. The number of aromatic nitrogens is 1. The van der Waals surface area contributed by atoms with Crippen molar-refractivity contribution in [2.45, 2.75) is 6.92 Å². The summed E-state index contributed by atoms with van der Waals surface area (Å²) in [5.41, 5.74) is 3.71. The van der Waals surface area contributed by atoms with E-state index in [-0.39, 0.29) is 0 Å². The minimum atomic E-state index is 0.435. The fourth-order valence-corrected chi connectivity index (χ4v) is 2.60. The van der Waals surface area contributed by atoms with Gasteiger partial charge in [-0.15, -0.1) is 11.3 Å². The Hall–Kier alpha value is -0.840. The summed E-state index contributed by atoms with van der Waals surface area (Å²) in [5, 5.41) is 4.07. The molecule has 0 spiro atoms. The third-order valence-electron chi connectivity index (χ3n) is 2.53.